The largest absolute Gasteiger partial charge is 0.391 e. The summed E-state index contributed by atoms with van der Waals surface area (Å²) >= 11 is 2.39. The highest BCUT2D eigenvalue weighted by Crippen LogP contribution is 2.27. The van der Waals surface area contributed by atoms with E-state index in [-0.39, 0.29) is 37.4 Å². The van der Waals surface area contributed by atoms with Gasteiger partial charge in [0, 0.05) is 41.4 Å². The topological polar surface area (TPSA) is 255 Å². The minimum absolute atomic E-state index is 0.0710. The van der Waals surface area contributed by atoms with E-state index in [2.05, 4.69) is 26.6 Å². The molecule has 0 spiro atoms. The molecule has 18 heteroatoms. The highest BCUT2D eigenvalue weighted by atomic mass is 32.2. The molecule has 0 saturated carbocycles. The van der Waals surface area contributed by atoms with Gasteiger partial charge < -0.3 is 48.1 Å². The van der Waals surface area contributed by atoms with Gasteiger partial charge in [-0.3, -0.25) is 33.6 Å². The summed E-state index contributed by atoms with van der Waals surface area (Å²) in [5.74, 6) is -5.31. The molecule has 3 rings (SSSR count). The summed E-state index contributed by atoms with van der Waals surface area (Å²) in [6.07, 6.45) is -1.05. The zero-order chi connectivity index (χ0) is 35.1. The Labute approximate surface area is 280 Å². The molecule has 7 amide bonds. The van der Waals surface area contributed by atoms with Crippen LogP contribution in [-0.2, 0) is 40.0 Å². The second kappa shape index (κ2) is 16.4. The zero-order valence-corrected chi connectivity index (χ0v) is 28.4. The van der Waals surface area contributed by atoms with Gasteiger partial charge in [-0.1, -0.05) is 20.8 Å². The molecule has 0 aliphatic carbocycles. The summed E-state index contributed by atoms with van der Waals surface area (Å²) in [6.45, 7) is 6.01. The number of aliphatic hydroxyl groups is 1. The Morgan fingerprint density at radius 1 is 0.979 bits per heavy atom. The summed E-state index contributed by atoms with van der Waals surface area (Å²) in [5, 5.41) is 23.2. The number of primary amides is 1. The maximum absolute atomic E-state index is 13.9. The van der Waals surface area contributed by atoms with Gasteiger partial charge >= 0.3 is 0 Å². The molecule has 3 heterocycles. The molecule has 2 saturated heterocycles. The Hall–Kier alpha value is -3.74. The smallest absolute Gasteiger partial charge is 0.246 e. The highest BCUT2D eigenvalue weighted by molar-refractivity contribution is 8.00. The molecule has 0 aromatic carbocycles. The maximum atomic E-state index is 13.9. The van der Waals surface area contributed by atoms with Gasteiger partial charge in [-0.2, -0.15) is 0 Å². The quantitative estimate of drug-likeness (QED) is 0.157. The zero-order valence-electron chi connectivity index (χ0n) is 26.8. The Balaban J connectivity index is 1.96. The van der Waals surface area contributed by atoms with Crippen molar-refractivity contribution in [1.82, 2.24) is 31.5 Å². The van der Waals surface area contributed by atoms with Crippen molar-refractivity contribution in [2.24, 2.45) is 16.9 Å². The van der Waals surface area contributed by atoms with E-state index < -0.39 is 89.6 Å². The van der Waals surface area contributed by atoms with Crippen molar-refractivity contribution in [3.8, 4) is 0 Å². The summed E-state index contributed by atoms with van der Waals surface area (Å²) < 4.78 is 0. The second-order valence-electron chi connectivity index (χ2n) is 12.6. The van der Waals surface area contributed by atoms with E-state index in [0.29, 0.717) is 0 Å². The third kappa shape index (κ3) is 10.6. The average Bonchev–Trinajstić information content (AvgIpc) is 3.59. The van der Waals surface area contributed by atoms with Gasteiger partial charge in [-0.05, 0) is 24.5 Å². The van der Waals surface area contributed by atoms with E-state index in [1.54, 1.807) is 26.8 Å². The highest BCUT2D eigenvalue weighted by Gasteiger charge is 2.45. The van der Waals surface area contributed by atoms with Crippen LogP contribution in [0, 0.1) is 12.3 Å². The number of thioether (sulfide) groups is 1. The van der Waals surface area contributed by atoms with E-state index in [1.807, 2.05) is 13.0 Å². The molecule has 2 fully saturated rings. The lowest BCUT2D eigenvalue weighted by Gasteiger charge is -2.35. The van der Waals surface area contributed by atoms with Gasteiger partial charge in [0.25, 0.3) is 0 Å². The molecule has 16 nitrogen and oxygen atoms in total. The monoisotopic (exact) mass is 696 g/mol. The number of aliphatic hydroxyl groups excluding tert-OH is 1. The first-order chi connectivity index (χ1) is 22.0. The SMILES string of the molecule is Cc1ccc(C[C@H]2NC(=O)[C@@H]3C[C@@H](O)CN3C(=O)[C@H](C(C)(C)C)NC(=O)CSC[C@H](C(N)=O)NC(=O)[C@@H](CN)NC(=O)CNC2=O)s1. The molecule has 6 atom stereocenters. The van der Waals surface area contributed by atoms with Crippen LogP contribution in [0.4, 0.5) is 0 Å². The van der Waals surface area contributed by atoms with Crippen LogP contribution in [-0.4, -0.2) is 119 Å². The number of carbonyl (C=O) groups excluding carboxylic acids is 7. The number of nitrogens with zero attached hydrogens (tertiary/aromatic N) is 1. The second-order valence-corrected chi connectivity index (χ2v) is 15.0. The molecule has 2 aliphatic rings. The van der Waals surface area contributed by atoms with Crippen LogP contribution >= 0.6 is 23.1 Å². The number of nitrogens with two attached hydrogens (primary N) is 2. The van der Waals surface area contributed by atoms with Crippen LogP contribution in [0.15, 0.2) is 12.1 Å². The number of nitrogens with one attached hydrogen (secondary N) is 5. The van der Waals surface area contributed by atoms with Crippen LogP contribution in [0.1, 0.15) is 36.9 Å². The van der Waals surface area contributed by atoms with Crippen LogP contribution in [0.2, 0.25) is 0 Å². The van der Waals surface area contributed by atoms with Gasteiger partial charge in [0.05, 0.1) is 18.4 Å². The lowest BCUT2D eigenvalue weighted by molar-refractivity contribution is -0.144. The normalized spacial score (nSPS) is 27.8. The Bertz CT molecular complexity index is 1370. The molecular weight excluding hydrogens is 653 g/mol. The molecule has 0 bridgehead atoms. The predicted molar refractivity (Wildman–Crippen MR) is 175 cm³/mol. The van der Waals surface area contributed by atoms with E-state index in [9.17, 15) is 38.7 Å². The molecule has 10 N–H and O–H groups in total. The van der Waals surface area contributed by atoms with Crippen LogP contribution < -0.4 is 38.1 Å². The van der Waals surface area contributed by atoms with Gasteiger partial charge in [0.15, 0.2) is 0 Å². The summed E-state index contributed by atoms with van der Waals surface area (Å²) in [6, 6.07) is -2.25. The number of rotatable bonds is 4. The van der Waals surface area contributed by atoms with E-state index >= 15 is 0 Å². The van der Waals surface area contributed by atoms with Crippen LogP contribution in [0.3, 0.4) is 0 Å². The summed E-state index contributed by atoms with van der Waals surface area (Å²) in [5.41, 5.74) is 10.3. The first-order valence-electron chi connectivity index (χ1n) is 15.1. The Morgan fingerprint density at radius 2 is 1.68 bits per heavy atom. The number of hydrogen-bond acceptors (Lipinski definition) is 11. The molecule has 47 heavy (non-hydrogen) atoms. The minimum atomic E-state index is -1.27. The van der Waals surface area contributed by atoms with Crippen molar-refractivity contribution in [2.45, 2.75) is 76.8 Å². The number of aryl methyl sites for hydroxylation is 1. The molecule has 2 aliphatic heterocycles. The van der Waals surface area contributed by atoms with Gasteiger partial charge in [-0.15, -0.1) is 23.1 Å². The maximum Gasteiger partial charge on any atom is 0.246 e. The number of carbonyl (C=O) groups is 7. The van der Waals surface area contributed by atoms with Crippen molar-refractivity contribution >= 4 is 64.4 Å². The van der Waals surface area contributed by atoms with Crippen molar-refractivity contribution in [2.75, 3.05) is 31.1 Å². The van der Waals surface area contributed by atoms with Gasteiger partial charge in [-0.25, -0.2) is 0 Å². The molecule has 0 unspecified atom stereocenters. The van der Waals surface area contributed by atoms with Crippen LogP contribution in [0.25, 0.3) is 0 Å². The molecular formula is C29H44N8O8S2. The molecule has 260 valence electrons. The van der Waals surface area contributed by atoms with Gasteiger partial charge in [0.1, 0.15) is 30.2 Å². The van der Waals surface area contributed by atoms with Crippen LogP contribution in [0.5, 0.6) is 0 Å². The van der Waals surface area contributed by atoms with Crippen molar-refractivity contribution in [1.29, 1.82) is 0 Å². The van der Waals surface area contributed by atoms with E-state index in [1.165, 1.54) is 16.2 Å². The Morgan fingerprint density at radius 3 is 2.28 bits per heavy atom. The van der Waals surface area contributed by atoms with Gasteiger partial charge in [0.2, 0.25) is 41.4 Å². The Kier molecular flexibility index (Phi) is 13.1. The van der Waals surface area contributed by atoms with Crippen molar-refractivity contribution in [3.05, 3.63) is 21.9 Å². The first kappa shape index (κ1) is 37.7. The summed E-state index contributed by atoms with van der Waals surface area (Å²) in [4.78, 5) is 94.6. The lowest BCUT2D eigenvalue weighted by atomic mass is 9.85. The fraction of sp³-hybridized carbons (Fsp3) is 0.621. The number of thiophene rings is 1. The number of fused-ring (bicyclic) bond motifs is 1. The first-order valence-corrected chi connectivity index (χ1v) is 17.0. The molecule has 1 aromatic rings. The molecule has 0 radical (unpaired) electrons. The van der Waals surface area contributed by atoms with Crippen molar-refractivity contribution in [3.63, 3.8) is 0 Å². The molecule has 1 aromatic heterocycles. The predicted octanol–water partition coefficient (Wildman–Crippen LogP) is -3.15. The standard InChI is InChI=1S/C29H44N8O8S2/c1-14-5-6-16(47-14)8-17-25(42)32-10-21(39)33-18(9-30)26(43)35-19(24(31)41)12-46-13-22(40)36-23(29(2,3)4)28(45)37-11-15(38)7-20(37)27(44)34-17/h5-6,15,17-20,23,38H,7-13,30H2,1-4H3,(H2,31,41)(H,32,42)(H,33,39)(H,34,44)(H,35,43)(H,36,40)/t15-,17-,18-,19-,20+,23-/m1/s1. The summed E-state index contributed by atoms with van der Waals surface area (Å²) in [7, 11) is 0. The minimum Gasteiger partial charge on any atom is -0.391 e. The average molecular weight is 697 g/mol. The number of amides is 7. The fourth-order valence-electron chi connectivity index (χ4n) is 5.10. The lowest BCUT2D eigenvalue weighted by Crippen LogP contribution is -2.59. The van der Waals surface area contributed by atoms with E-state index in [4.69, 9.17) is 11.5 Å². The third-order valence-corrected chi connectivity index (χ3v) is 9.66. The van der Waals surface area contributed by atoms with E-state index in [0.717, 1.165) is 21.5 Å². The van der Waals surface area contributed by atoms with Crippen molar-refractivity contribution < 1.29 is 38.7 Å². The fourth-order valence-corrected chi connectivity index (χ4v) is 6.91. The third-order valence-electron chi connectivity index (χ3n) is 7.61. The number of hydrogen-bond donors (Lipinski definition) is 8.